The minimum absolute atomic E-state index is 0.0120. The van der Waals surface area contributed by atoms with E-state index < -0.39 is 56.5 Å². The lowest BCUT2D eigenvalue weighted by Gasteiger charge is -2.26. The highest BCUT2D eigenvalue weighted by molar-refractivity contribution is 7.89. The number of carbonyl (C=O) groups excluding carboxylic acids is 1. The minimum Gasteiger partial charge on any atom is -0.507 e. The lowest BCUT2D eigenvalue weighted by Crippen LogP contribution is -2.44. The number of nitrogens with zero attached hydrogens (tertiary/aromatic N) is 2. The van der Waals surface area contributed by atoms with Gasteiger partial charge in [0, 0.05) is 12.1 Å². The molecule has 0 unspecified atom stereocenters. The fourth-order valence-corrected chi connectivity index (χ4v) is 5.10. The molecule has 4 N–H and O–H groups in total. The van der Waals surface area contributed by atoms with E-state index in [-0.39, 0.29) is 33.3 Å². The topological polar surface area (TPSA) is 172 Å². The molecular weight excluding hydrogens is 587 g/mol. The van der Waals surface area contributed by atoms with Crippen LogP contribution >= 0.6 is 23.2 Å². The van der Waals surface area contributed by atoms with Crippen molar-refractivity contribution in [2.45, 2.75) is 36.6 Å². The van der Waals surface area contributed by atoms with Crippen molar-refractivity contribution in [3.05, 3.63) is 66.9 Å². The van der Waals surface area contributed by atoms with Crippen LogP contribution in [0.25, 0.3) is 5.69 Å². The summed E-state index contributed by atoms with van der Waals surface area (Å²) in [6.45, 7) is -0.548. The Morgan fingerprint density at radius 3 is 2.46 bits per heavy atom. The number of amides is 1. The van der Waals surface area contributed by atoms with Crippen molar-refractivity contribution in [1.29, 1.82) is 0 Å². The smallest absolute Gasteiger partial charge is 0.349 e. The van der Waals surface area contributed by atoms with Crippen LogP contribution in [0.15, 0.2) is 44.8 Å². The molecule has 1 aliphatic carbocycles. The van der Waals surface area contributed by atoms with Crippen LogP contribution < -0.4 is 26.0 Å². The van der Waals surface area contributed by atoms with Crippen LogP contribution in [0.2, 0.25) is 10.0 Å². The predicted molar refractivity (Wildman–Crippen MR) is 135 cm³/mol. The Morgan fingerprint density at radius 1 is 1.21 bits per heavy atom. The second-order valence-electron chi connectivity index (χ2n) is 8.35. The van der Waals surface area contributed by atoms with Gasteiger partial charge in [-0.05, 0) is 43.5 Å². The second-order valence-corrected chi connectivity index (χ2v) is 10.9. The van der Waals surface area contributed by atoms with Gasteiger partial charge in [0.25, 0.3) is 12.0 Å². The summed E-state index contributed by atoms with van der Waals surface area (Å²) < 4.78 is 59.7. The Morgan fingerprint density at radius 2 is 1.87 bits per heavy atom. The number of ether oxygens (including phenoxy) is 1. The first-order chi connectivity index (χ1) is 18.4. The Balaban J connectivity index is 1.58. The number of rotatable bonds is 9. The highest BCUT2D eigenvalue weighted by Gasteiger charge is 2.24. The van der Waals surface area contributed by atoms with Crippen molar-refractivity contribution in [2.75, 3.05) is 6.54 Å². The van der Waals surface area contributed by atoms with Crippen molar-refractivity contribution in [3.63, 3.8) is 0 Å². The molecule has 1 saturated carbocycles. The molecule has 17 heteroatoms. The van der Waals surface area contributed by atoms with E-state index in [1.807, 2.05) is 0 Å². The van der Waals surface area contributed by atoms with Crippen molar-refractivity contribution in [1.82, 2.24) is 24.8 Å². The van der Waals surface area contributed by atoms with E-state index in [4.69, 9.17) is 27.9 Å². The molecule has 0 atom stereocenters. The van der Waals surface area contributed by atoms with Gasteiger partial charge >= 0.3 is 5.69 Å². The Kier molecular flexibility index (Phi) is 8.25. The molecule has 39 heavy (non-hydrogen) atoms. The van der Waals surface area contributed by atoms with E-state index in [0.717, 1.165) is 43.5 Å². The summed E-state index contributed by atoms with van der Waals surface area (Å²) in [5.41, 5.74) is -3.87. The van der Waals surface area contributed by atoms with Gasteiger partial charge < -0.3 is 15.2 Å². The zero-order chi connectivity index (χ0) is 28.5. The number of hydrogen-bond donors (Lipinski definition) is 4. The number of alkyl halides is 2. The number of sulfonamides is 1. The monoisotopic (exact) mass is 605 g/mol. The van der Waals surface area contributed by atoms with Gasteiger partial charge in [0.05, 0.1) is 22.3 Å². The van der Waals surface area contributed by atoms with Gasteiger partial charge in [-0.1, -0.05) is 23.2 Å². The molecule has 0 bridgehead atoms. The number of nitrogens with one attached hydrogen (secondary N) is 3. The highest BCUT2D eigenvalue weighted by atomic mass is 35.5. The van der Waals surface area contributed by atoms with Crippen molar-refractivity contribution in [2.24, 2.45) is 0 Å². The fraction of sp³-hybridized carbons (Fsp3) is 0.273. The molecule has 12 nitrogen and oxygen atoms in total. The number of benzene rings is 2. The maximum atomic E-state index is 13.1. The van der Waals surface area contributed by atoms with Gasteiger partial charge in [0.2, 0.25) is 15.9 Å². The predicted octanol–water partition coefficient (Wildman–Crippen LogP) is 2.61. The molecule has 0 spiro atoms. The van der Waals surface area contributed by atoms with E-state index in [2.05, 4.69) is 15.1 Å². The first kappa shape index (κ1) is 28.5. The van der Waals surface area contributed by atoms with Crippen LogP contribution in [-0.2, 0) is 14.8 Å². The molecule has 1 heterocycles. The first-order valence-corrected chi connectivity index (χ1v) is 13.4. The Bertz CT molecular complexity index is 1640. The molecule has 1 aromatic heterocycles. The number of H-pyrrole nitrogens is 1. The molecule has 1 aliphatic rings. The molecule has 208 valence electrons. The lowest BCUT2D eigenvalue weighted by molar-refractivity contribution is -0.121. The molecule has 2 aromatic carbocycles. The van der Waals surface area contributed by atoms with Crippen molar-refractivity contribution < 1.29 is 31.8 Å². The summed E-state index contributed by atoms with van der Waals surface area (Å²) in [6.07, 6.45) is -0.643. The molecular formula is C22H19Cl2F2N5O7S. The quantitative estimate of drug-likeness (QED) is 0.288. The van der Waals surface area contributed by atoms with E-state index >= 15 is 0 Å². The van der Waals surface area contributed by atoms with Crippen molar-refractivity contribution in [3.8, 4) is 22.9 Å². The molecule has 0 aliphatic heterocycles. The number of aromatic amines is 1. The first-order valence-electron chi connectivity index (χ1n) is 11.2. The van der Waals surface area contributed by atoms with Gasteiger partial charge in [-0.3, -0.25) is 14.6 Å². The van der Waals surface area contributed by atoms with E-state index in [1.165, 1.54) is 6.07 Å². The van der Waals surface area contributed by atoms with E-state index in [0.29, 0.717) is 4.68 Å². The molecule has 4 rings (SSSR count). The largest absolute Gasteiger partial charge is 0.507 e. The summed E-state index contributed by atoms with van der Waals surface area (Å²) in [6, 6.07) is 5.39. The van der Waals surface area contributed by atoms with E-state index in [1.54, 1.807) is 4.98 Å². The molecule has 0 radical (unpaired) electrons. The molecule has 3 aromatic rings. The normalized spacial score (nSPS) is 13.8. The van der Waals surface area contributed by atoms with Crippen LogP contribution in [0.5, 0.6) is 17.2 Å². The number of phenols is 1. The standard InChI is InChI=1S/C22H19Cl2F2N5O7S/c23-13-6-11(31-22(35)29-21(34)18(30-31)20(25)26)7-14(24)19(13)38-12-4-5-15(32)16(8-12)39(36,37)27-9-17(33)28-10-2-1-3-10/h4-8,10,20,27,32H,1-3,9H2,(H,28,33)(H,29,34,35). The number of phenolic OH excluding ortho intramolecular Hbond substituents is 1. The summed E-state index contributed by atoms with van der Waals surface area (Å²) in [4.78, 5) is 36.8. The van der Waals surface area contributed by atoms with Gasteiger partial charge in [0.15, 0.2) is 11.4 Å². The summed E-state index contributed by atoms with van der Waals surface area (Å²) >= 11 is 12.5. The average Bonchev–Trinajstić information content (AvgIpc) is 2.83. The van der Waals surface area contributed by atoms with Crippen LogP contribution in [0.4, 0.5) is 8.78 Å². The third-order valence-electron chi connectivity index (χ3n) is 5.62. The average molecular weight is 606 g/mol. The third-order valence-corrected chi connectivity index (χ3v) is 7.61. The van der Waals surface area contributed by atoms with Gasteiger partial charge in [-0.25, -0.2) is 26.7 Å². The molecule has 1 amide bonds. The lowest BCUT2D eigenvalue weighted by atomic mass is 9.93. The number of hydrogen-bond acceptors (Lipinski definition) is 8. The minimum atomic E-state index is -4.35. The van der Waals surface area contributed by atoms with E-state index in [9.17, 15) is 36.7 Å². The zero-order valence-electron chi connectivity index (χ0n) is 19.6. The second kappa shape index (κ2) is 11.3. The maximum absolute atomic E-state index is 13.1. The van der Waals surface area contributed by atoms with Crippen LogP contribution in [0.3, 0.4) is 0 Å². The Labute approximate surface area is 228 Å². The third kappa shape index (κ3) is 6.38. The zero-order valence-corrected chi connectivity index (χ0v) is 21.9. The summed E-state index contributed by atoms with van der Waals surface area (Å²) in [7, 11) is -4.35. The maximum Gasteiger partial charge on any atom is 0.349 e. The number of halogens is 4. The van der Waals surface area contributed by atoms with Crippen LogP contribution in [0, 0.1) is 0 Å². The van der Waals surface area contributed by atoms with Gasteiger partial charge in [-0.15, -0.1) is 0 Å². The Hall–Kier alpha value is -3.53. The summed E-state index contributed by atoms with van der Waals surface area (Å²) in [5.74, 6) is -1.50. The van der Waals surface area contributed by atoms with Gasteiger partial charge in [-0.2, -0.15) is 9.78 Å². The fourth-order valence-electron chi connectivity index (χ4n) is 3.46. The molecule has 1 fully saturated rings. The summed E-state index contributed by atoms with van der Waals surface area (Å²) in [5, 5.41) is 15.7. The van der Waals surface area contributed by atoms with Crippen molar-refractivity contribution >= 4 is 39.1 Å². The van der Waals surface area contributed by atoms with Crippen LogP contribution in [0.1, 0.15) is 31.4 Å². The number of aromatic nitrogens is 3. The SMILES string of the molecule is O=C(CNS(=O)(=O)c1cc(Oc2c(Cl)cc(-n3nc(C(F)F)c(=O)[nH]c3=O)cc2Cl)ccc1O)NC1CCC1. The highest BCUT2D eigenvalue weighted by Crippen LogP contribution is 2.39. The number of carbonyl (C=O) groups is 1. The molecule has 0 saturated heterocycles. The van der Waals surface area contributed by atoms with Crippen LogP contribution in [-0.4, -0.2) is 46.8 Å². The van der Waals surface area contributed by atoms with Gasteiger partial charge in [0.1, 0.15) is 16.4 Å². The number of aromatic hydroxyl groups is 1.